The zero-order chi connectivity index (χ0) is 8.48. The quantitative estimate of drug-likeness (QED) is 0.638. The first-order valence-electron chi connectivity index (χ1n) is 4.09. The fourth-order valence-electron chi connectivity index (χ4n) is 1.86. The van der Waals surface area contributed by atoms with Crippen LogP contribution in [0.4, 0.5) is 0 Å². The van der Waals surface area contributed by atoms with Crippen LogP contribution in [-0.2, 0) is 4.79 Å². The minimum Gasteiger partial charge on any atom is -0.480 e. The number of nitrogens with one attached hydrogen (secondary N) is 1. The molecule has 0 atom stereocenters. The second kappa shape index (κ2) is 2.81. The summed E-state index contributed by atoms with van der Waals surface area (Å²) in [6, 6.07) is 0. The summed E-state index contributed by atoms with van der Waals surface area (Å²) in [6.07, 6.45) is 1.55. The van der Waals surface area contributed by atoms with Crippen molar-refractivity contribution in [3.63, 3.8) is 0 Å². The van der Waals surface area contributed by atoms with Gasteiger partial charge < -0.3 is 10.4 Å². The van der Waals surface area contributed by atoms with Gasteiger partial charge in [0.25, 0.3) is 0 Å². The van der Waals surface area contributed by atoms with Gasteiger partial charge in [-0.05, 0) is 25.3 Å². The molecule has 0 heterocycles. The van der Waals surface area contributed by atoms with Gasteiger partial charge in [-0.15, -0.1) is 0 Å². The number of carbonyl (C=O) groups is 1. The summed E-state index contributed by atoms with van der Waals surface area (Å²) in [5, 5.41) is 11.9. The lowest BCUT2D eigenvalue weighted by Crippen LogP contribution is -2.60. The van der Waals surface area contributed by atoms with Crippen LogP contribution in [-0.4, -0.2) is 23.2 Å². The van der Waals surface area contributed by atoms with E-state index >= 15 is 0 Å². The maximum absolute atomic E-state index is 10.8. The van der Waals surface area contributed by atoms with E-state index in [2.05, 4.69) is 12.2 Å². The van der Waals surface area contributed by atoms with E-state index in [-0.39, 0.29) is 0 Å². The lowest BCUT2D eigenvalue weighted by molar-refractivity contribution is -0.151. The lowest BCUT2D eigenvalue weighted by atomic mass is 9.69. The van der Waals surface area contributed by atoms with Gasteiger partial charge in [-0.1, -0.05) is 13.8 Å². The van der Waals surface area contributed by atoms with Crippen molar-refractivity contribution in [2.75, 3.05) is 6.54 Å². The normalized spacial score (nSPS) is 36.4. The van der Waals surface area contributed by atoms with Crippen LogP contribution in [0, 0.1) is 5.92 Å². The smallest absolute Gasteiger partial charge is 0.323 e. The van der Waals surface area contributed by atoms with Gasteiger partial charge >= 0.3 is 5.97 Å². The molecule has 1 aliphatic carbocycles. The third-order valence-corrected chi connectivity index (χ3v) is 2.32. The maximum atomic E-state index is 10.8. The molecule has 0 radical (unpaired) electrons. The van der Waals surface area contributed by atoms with Gasteiger partial charge in [0.1, 0.15) is 5.54 Å². The summed E-state index contributed by atoms with van der Waals surface area (Å²) < 4.78 is 0. The van der Waals surface area contributed by atoms with Crippen molar-refractivity contribution in [1.82, 2.24) is 5.32 Å². The minimum atomic E-state index is -0.697. The fourth-order valence-corrected chi connectivity index (χ4v) is 1.86. The summed E-state index contributed by atoms with van der Waals surface area (Å²) in [4.78, 5) is 10.8. The predicted molar refractivity (Wildman–Crippen MR) is 42.4 cm³/mol. The van der Waals surface area contributed by atoms with Crippen molar-refractivity contribution in [2.45, 2.75) is 32.2 Å². The van der Waals surface area contributed by atoms with Crippen LogP contribution in [0.5, 0.6) is 0 Å². The summed E-state index contributed by atoms with van der Waals surface area (Å²) in [7, 11) is 0. The van der Waals surface area contributed by atoms with Crippen LogP contribution in [0.25, 0.3) is 0 Å². The van der Waals surface area contributed by atoms with E-state index in [1.165, 1.54) is 0 Å². The molecule has 1 aliphatic rings. The van der Waals surface area contributed by atoms with Crippen molar-refractivity contribution in [3.8, 4) is 0 Å². The molecule has 0 aliphatic heterocycles. The molecule has 0 bridgehead atoms. The van der Waals surface area contributed by atoms with E-state index in [1.807, 2.05) is 6.92 Å². The second-order valence-electron chi connectivity index (χ2n) is 3.43. The summed E-state index contributed by atoms with van der Waals surface area (Å²) >= 11 is 0. The average molecular weight is 157 g/mol. The molecule has 64 valence electrons. The molecule has 3 heteroatoms. The molecule has 1 fully saturated rings. The Morgan fingerprint density at radius 2 is 2.27 bits per heavy atom. The molecule has 0 aromatic heterocycles. The van der Waals surface area contributed by atoms with Gasteiger partial charge in [-0.3, -0.25) is 4.79 Å². The number of likely N-dealkylation sites (N-methyl/N-ethyl adjacent to an activating group) is 1. The van der Waals surface area contributed by atoms with Gasteiger partial charge in [-0.25, -0.2) is 0 Å². The Bertz CT molecular complexity index is 156. The van der Waals surface area contributed by atoms with Crippen LogP contribution in [0.15, 0.2) is 0 Å². The van der Waals surface area contributed by atoms with Crippen LogP contribution in [0.1, 0.15) is 26.7 Å². The SMILES string of the molecule is CCNC1(C(=O)O)CC(C)C1. The number of carboxylic acids is 1. The first kappa shape index (κ1) is 8.53. The van der Waals surface area contributed by atoms with Crippen molar-refractivity contribution >= 4 is 5.97 Å². The van der Waals surface area contributed by atoms with Gasteiger partial charge in [0.05, 0.1) is 0 Å². The van der Waals surface area contributed by atoms with Crippen molar-refractivity contribution in [3.05, 3.63) is 0 Å². The molecule has 0 saturated heterocycles. The van der Waals surface area contributed by atoms with E-state index in [1.54, 1.807) is 0 Å². The molecule has 0 aromatic rings. The second-order valence-corrected chi connectivity index (χ2v) is 3.43. The fraction of sp³-hybridized carbons (Fsp3) is 0.875. The van der Waals surface area contributed by atoms with Crippen LogP contribution in [0.3, 0.4) is 0 Å². The lowest BCUT2D eigenvalue weighted by Gasteiger charge is -2.43. The molecular formula is C8H15NO2. The predicted octanol–water partition coefficient (Wildman–Crippen LogP) is 0.849. The van der Waals surface area contributed by atoms with Gasteiger partial charge in [0, 0.05) is 0 Å². The molecule has 2 N–H and O–H groups in total. The summed E-state index contributed by atoms with van der Waals surface area (Å²) in [5.41, 5.74) is -0.589. The molecular weight excluding hydrogens is 142 g/mol. The number of hydrogen-bond acceptors (Lipinski definition) is 2. The minimum absolute atomic E-state index is 0.560. The standard InChI is InChI=1S/C8H15NO2/c1-3-9-8(7(10)11)4-6(2)5-8/h6,9H,3-5H2,1-2H3,(H,10,11). The Hall–Kier alpha value is -0.570. The van der Waals surface area contributed by atoms with Gasteiger partial charge in [0.2, 0.25) is 0 Å². The highest BCUT2D eigenvalue weighted by Gasteiger charge is 2.47. The number of carboxylic acid groups (broad SMARTS) is 1. The summed E-state index contributed by atoms with van der Waals surface area (Å²) in [6.45, 7) is 4.76. The molecule has 0 spiro atoms. The van der Waals surface area contributed by atoms with Crippen molar-refractivity contribution < 1.29 is 9.90 Å². The third kappa shape index (κ3) is 1.38. The molecule has 1 rings (SSSR count). The monoisotopic (exact) mass is 157 g/mol. The Morgan fingerprint density at radius 1 is 1.73 bits per heavy atom. The molecule has 0 amide bonds. The average Bonchev–Trinajstić information content (AvgIpc) is 1.84. The highest BCUT2D eigenvalue weighted by Crippen LogP contribution is 2.37. The number of aliphatic carboxylic acids is 1. The van der Waals surface area contributed by atoms with Crippen LogP contribution < -0.4 is 5.32 Å². The Balaban J connectivity index is 2.53. The largest absolute Gasteiger partial charge is 0.480 e. The van der Waals surface area contributed by atoms with Crippen molar-refractivity contribution in [2.24, 2.45) is 5.92 Å². The first-order chi connectivity index (χ1) is 5.10. The van der Waals surface area contributed by atoms with Gasteiger partial charge in [-0.2, -0.15) is 0 Å². The Kier molecular flexibility index (Phi) is 2.18. The van der Waals surface area contributed by atoms with Crippen LogP contribution >= 0.6 is 0 Å². The highest BCUT2D eigenvalue weighted by atomic mass is 16.4. The zero-order valence-electron chi connectivity index (χ0n) is 7.05. The van der Waals surface area contributed by atoms with E-state index in [9.17, 15) is 4.79 Å². The van der Waals surface area contributed by atoms with E-state index in [0.29, 0.717) is 5.92 Å². The Morgan fingerprint density at radius 3 is 2.55 bits per heavy atom. The highest BCUT2D eigenvalue weighted by molar-refractivity contribution is 5.80. The topological polar surface area (TPSA) is 49.3 Å². The molecule has 1 saturated carbocycles. The van der Waals surface area contributed by atoms with Crippen LogP contribution in [0.2, 0.25) is 0 Å². The van der Waals surface area contributed by atoms with Crippen molar-refractivity contribution in [1.29, 1.82) is 0 Å². The first-order valence-corrected chi connectivity index (χ1v) is 4.09. The molecule has 11 heavy (non-hydrogen) atoms. The van der Waals surface area contributed by atoms with Gasteiger partial charge in [0.15, 0.2) is 0 Å². The van der Waals surface area contributed by atoms with E-state index < -0.39 is 11.5 Å². The molecule has 0 aromatic carbocycles. The molecule has 3 nitrogen and oxygen atoms in total. The number of rotatable bonds is 3. The van der Waals surface area contributed by atoms with E-state index in [4.69, 9.17) is 5.11 Å². The summed E-state index contributed by atoms with van der Waals surface area (Å²) in [5.74, 6) is -0.136. The van der Waals surface area contributed by atoms with E-state index in [0.717, 1.165) is 19.4 Å². The zero-order valence-corrected chi connectivity index (χ0v) is 7.05. The maximum Gasteiger partial charge on any atom is 0.323 e. The third-order valence-electron chi connectivity index (χ3n) is 2.32. The Labute approximate surface area is 66.8 Å². The number of hydrogen-bond donors (Lipinski definition) is 2. The molecule has 0 unspecified atom stereocenters.